The van der Waals surface area contributed by atoms with E-state index in [0.717, 1.165) is 10.9 Å². The van der Waals surface area contributed by atoms with E-state index in [2.05, 4.69) is 81.7 Å². The molecule has 2 atom stereocenters. The number of aromatic nitrogens is 1. The van der Waals surface area contributed by atoms with E-state index in [1.165, 1.54) is 47.0 Å². The highest BCUT2D eigenvalue weighted by molar-refractivity contribution is 9.10. The van der Waals surface area contributed by atoms with Gasteiger partial charge in [-0.05, 0) is 61.9 Å². The molecule has 3 heteroatoms. The van der Waals surface area contributed by atoms with Crippen molar-refractivity contribution in [2.24, 2.45) is 0 Å². The first-order valence-corrected chi connectivity index (χ1v) is 9.60. The van der Waals surface area contributed by atoms with E-state index < -0.39 is 0 Å². The maximum absolute atomic E-state index is 3.86. The summed E-state index contributed by atoms with van der Waals surface area (Å²) in [6, 6.07) is 18.2. The van der Waals surface area contributed by atoms with E-state index in [-0.39, 0.29) is 0 Å². The van der Waals surface area contributed by atoms with Crippen LogP contribution < -0.4 is 5.32 Å². The standard InChI is InChI=1S/C21H23BrN2/c1-14(12-15-6-3-2-4-7-15)23-20-9-5-8-17-18-13-16(22)10-11-19(18)24-21(17)20/h2-4,6-7,10-11,13-14,20,23-24H,5,8-9,12H2,1H3. The number of aryl methyl sites for hydroxylation is 1. The number of hydrogen-bond donors (Lipinski definition) is 2. The molecule has 1 aliphatic rings. The van der Waals surface area contributed by atoms with Crippen molar-refractivity contribution in [1.82, 2.24) is 10.3 Å². The van der Waals surface area contributed by atoms with Crippen LogP contribution in [0.3, 0.4) is 0 Å². The van der Waals surface area contributed by atoms with E-state index in [4.69, 9.17) is 0 Å². The minimum Gasteiger partial charge on any atom is -0.357 e. The summed E-state index contributed by atoms with van der Waals surface area (Å²) in [5, 5.41) is 5.23. The van der Waals surface area contributed by atoms with Crippen LogP contribution in [-0.2, 0) is 12.8 Å². The van der Waals surface area contributed by atoms with Crippen LogP contribution in [0.4, 0.5) is 0 Å². The minimum atomic E-state index is 0.429. The van der Waals surface area contributed by atoms with Gasteiger partial charge in [-0.1, -0.05) is 46.3 Å². The Labute approximate surface area is 151 Å². The van der Waals surface area contributed by atoms with Crippen molar-refractivity contribution >= 4 is 26.8 Å². The Hall–Kier alpha value is -1.58. The Balaban J connectivity index is 1.56. The molecule has 2 nitrogen and oxygen atoms in total. The third kappa shape index (κ3) is 3.15. The number of aromatic amines is 1. The maximum Gasteiger partial charge on any atom is 0.0478 e. The fourth-order valence-corrected chi connectivity index (χ4v) is 4.33. The normalized spacial score (nSPS) is 18.5. The van der Waals surface area contributed by atoms with Crippen LogP contribution in [0.5, 0.6) is 0 Å². The summed E-state index contributed by atoms with van der Waals surface area (Å²) in [5.41, 5.74) is 5.55. The fourth-order valence-electron chi connectivity index (χ4n) is 3.97. The van der Waals surface area contributed by atoms with Crippen molar-refractivity contribution in [2.75, 3.05) is 0 Å². The third-order valence-corrected chi connectivity index (χ3v) is 5.53. The van der Waals surface area contributed by atoms with E-state index in [9.17, 15) is 0 Å². The van der Waals surface area contributed by atoms with Gasteiger partial charge in [-0.2, -0.15) is 0 Å². The molecule has 1 aliphatic carbocycles. The average Bonchev–Trinajstić information content (AvgIpc) is 2.95. The molecule has 2 N–H and O–H groups in total. The molecule has 2 aromatic carbocycles. The first-order valence-electron chi connectivity index (χ1n) is 8.80. The van der Waals surface area contributed by atoms with Gasteiger partial charge >= 0.3 is 0 Å². The summed E-state index contributed by atoms with van der Waals surface area (Å²) in [7, 11) is 0. The lowest BCUT2D eigenvalue weighted by molar-refractivity contribution is 0.402. The van der Waals surface area contributed by atoms with E-state index in [1.807, 2.05) is 0 Å². The predicted molar refractivity (Wildman–Crippen MR) is 104 cm³/mol. The first-order chi connectivity index (χ1) is 11.7. The van der Waals surface area contributed by atoms with Crippen molar-refractivity contribution in [3.05, 3.63) is 69.8 Å². The van der Waals surface area contributed by atoms with Crippen molar-refractivity contribution in [3.63, 3.8) is 0 Å². The second-order valence-corrected chi connectivity index (χ2v) is 7.83. The van der Waals surface area contributed by atoms with E-state index in [1.54, 1.807) is 0 Å². The lowest BCUT2D eigenvalue weighted by Gasteiger charge is -2.27. The zero-order valence-electron chi connectivity index (χ0n) is 14.0. The predicted octanol–water partition coefficient (Wildman–Crippen LogP) is 5.53. The van der Waals surface area contributed by atoms with Crippen molar-refractivity contribution in [2.45, 2.75) is 44.7 Å². The fraction of sp³-hybridized carbons (Fsp3) is 0.333. The molecule has 0 amide bonds. The van der Waals surface area contributed by atoms with Crippen molar-refractivity contribution in [1.29, 1.82) is 0 Å². The summed E-state index contributed by atoms with van der Waals surface area (Å²) >= 11 is 3.61. The zero-order valence-corrected chi connectivity index (χ0v) is 15.6. The molecule has 124 valence electrons. The smallest absolute Gasteiger partial charge is 0.0478 e. The van der Waals surface area contributed by atoms with Crippen LogP contribution in [0.15, 0.2) is 53.0 Å². The Bertz CT molecular complexity index is 838. The number of rotatable bonds is 4. The molecule has 0 fully saturated rings. The molecule has 3 aromatic rings. The third-order valence-electron chi connectivity index (χ3n) is 5.04. The number of fused-ring (bicyclic) bond motifs is 3. The molecular weight excluding hydrogens is 360 g/mol. The molecular formula is C21H23BrN2. The Morgan fingerprint density at radius 1 is 1.21 bits per heavy atom. The summed E-state index contributed by atoms with van der Waals surface area (Å²) < 4.78 is 1.16. The number of hydrogen-bond acceptors (Lipinski definition) is 1. The van der Waals surface area contributed by atoms with E-state index in [0.29, 0.717) is 12.1 Å². The maximum atomic E-state index is 3.86. The summed E-state index contributed by atoms with van der Waals surface area (Å²) in [6.07, 6.45) is 4.71. The van der Waals surface area contributed by atoms with Crippen LogP contribution in [0.1, 0.15) is 42.6 Å². The molecule has 0 aliphatic heterocycles. The van der Waals surface area contributed by atoms with Gasteiger partial charge in [0.25, 0.3) is 0 Å². The van der Waals surface area contributed by atoms with Gasteiger partial charge in [0, 0.05) is 33.2 Å². The molecule has 0 spiro atoms. The zero-order chi connectivity index (χ0) is 16.5. The van der Waals surface area contributed by atoms with Gasteiger partial charge in [-0.3, -0.25) is 0 Å². The van der Waals surface area contributed by atoms with Crippen LogP contribution in [0.2, 0.25) is 0 Å². The largest absolute Gasteiger partial charge is 0.357 e. The molecule has 0 radical (unpaired) electrons. The molecule has 1 heterocycles. The molecule has 1 aromatic heterocycles. The first kappa shape index (κ1) is 15.9. The molecule has 0 bridgehead atoms. The molecule has 0 saturated carbocycles. The van der Waals surface area contributed by atoms with Gasteiger partial charge < -0.3 is 10.3 Å². The average molecular weight is 383 g/mol. The topological polar surface area (TPSA) is 27.8 Å². The summed E-state index contributed by atoms with van der Waals surface area (Å²) in [5.74, 6) is 0. The molecule has 0 saturated heterocycles. The lowest BCUT2D eigenvalue weighted by atomic mass is 9.91. The highest BCUT2D eigenvalue weighted by atomic mass is 79.9. The SMILES string of the molecule is CC(Cc1ccccc1)NC1CCCc2c1[nH]c1ccc(Br)cc21. The summed E-state index contributed by atoms with van der Waals surface area (Å²) in [6.45, 7) is 2.29. The van der Waals surface area contributed by atoms with Crippen molar-refractivity contribution in [3.8, 4) is 0 Å². The highest BCUT2D eigenvalue weighted by Gasteiger charge is 2.25. The van der Waals surface area contributed by atoms with Gasteiger partial charge in [-0.15, -0.1) is 0 Å². The van der Waals surface area contributed by atoms with E-state index >= 15 is 0 Å². The summed E-state index contributed by atoms with van der Waals surface area (Å²) in [4.78, 5) is 3.68. The lowest BCUT2D eigenvalue weighted by Crippen LogP contribution is -2.34. The second kappa shape index (κ2) is 6.73. The van der Waals surface area contributed by atoms with Crippen LogP contribution in [-0.4, -0.2) is 11.0 Å². The number of H-pyrrole nitrogens is 1. The van der Waals surface area contributed by atoms with Gasteiger partial charge in [-0.25, -0.2) is 0 Å². The van der Waals surface area contributed by atoms with Crippen LogP contribution >= 0.6 is 15.9 Å². The number of benzene rings is 2. The second-order valence-electron chi connectivity index (χ2n) is 6.91. The van der Waals surface area contributed by atoms with Crippen LogP contribution in [0.25, 0.3) is 10.9 Å². The molecule has 4 rings (SSSR count). The van der Waals surface area contributed by atoms with Gasteiger partial charge in [0.05, 0.1) is 0 Å². The monoisotopic (exact) mass is 382 g/mol. The highest BCUT2D eigenvalue weighted by Crippen LogP contribution is 2.36. The van der Waals surface area contributed by atoms with Gasteiger partial charge in [0.2, 0.25) is 0 Å². The van der Waals surface area contributed by atoms with Gasteiger partial charge in [0.15, 0.2) is 0 Å². The molecule has 2 unspecified atom stereocenters. The Morgan fingerprint density at radius 3 is 2.88 bits per heavy atom. The number of nitrogens with one attached hydrogen (secondary N) is 2. The Morgan fingerprint density at radius 2 is 2.04 bits per heavy atom. The number of halogens is 1. The Kier molecular flexibility index (Phi) is 4.47. The minimum absolute atomic E-state index is 0.429. The van der Waals surface area contributed by atoms with Crippen LogP contribution in [0, 0.1) is 0 Å². The quantitative estimate of drug-likeness (QED) is 0.609. The van der Waals surface area contributed by atoms with Gasteiger partial charge in [0.1, 0.15) is 0 Å². The van der Waals surface area contributed by atoms with Crippen molar-refractivity contribution < 1.29 is 0 Å². The molecule has 24 heavy (non-hydrogen) atoms.